The zero-order valence-electron chi connectivity index (χ0n) is 7.48. The Bertz CT molecular complexity index is 414. The van der Waals surface area contributed by atoms with Gasteiger partial charge in [0, 0.05) is 15.7 Å². The molecule has 0 bridgehead atoms. The minimum Gasteiger partial charge on any atom is -0.398 e. The number of nitrogens with zero attached hydrogens (tertiary/aromatic N) is 4. The van der Waals surface area contributed by atoms with E-state index in [0.29, 0.717) is 5.69 Å². The standard InChI is InChI=1S/C8H8BrN5/c1-8(11-13-14-12-8)6-3-2-5(9)4-7(6)10/h2-4H,10H2,1H3. The largest absolute Gasteiger partial charge is 0.398 e. The normalized spacial score (nSPS) is 17.6. The Balaban J connectivity index is 2.52. The highest BCUT2D eigenvalue weighted by Gasteiger charge is 2.31. The van der Waals surface area contributed by atoms with E-state index < -0.39 is 5.66 Å². The molecule has 14 heavy (non-hydrogen) atoms. The van der Waals surface area contributed by atoms with Crippen molar-refractivity contribution in [1.29, 1.82) is 0 Å². The number of anilines is 1. The molecule has 0 unspecified atom stereocenters. The van der Waals surface area contributed by atoms with Crippen LogP contribution in [0.1, 0.15) is 12.5 Å². The van der Waals surface area contributed by atoms with Gasteiger partial charge in [-0.15, -0.1) is 10.2 Å². The van der Waals surface area contributed by atoms with Gasteiger partial charge in [-0.3, -0.25) is 0 Å². The van der Waals surface area contributed by atoms with Gasteiger partial charge in [-0.1, -0.05) is 22.0 Å². The lowest BCUT2D eigenvalue weighted by Gasteiger charge is -2.16. The van der Waals surface area contributed by atoms with Gasteiger partial charge >= 0.3 is 0 Å². The molecule has 1 aliphatic heterocycles. The number of hydrogen-bond acceptors (Lipinski definition) is 5. The van der Waals surface area contributed by atoms with Gasteiger partial charge in [0.25, 0.3) is 0 Å². The lowest BCUT2D eigenvalue weighted by Crippen LogP contribution is -2.15. The molecule has 5 nitrogen and oxygen atoms in total. The fraction of sp³-hybridized carbons (Fsp3) is 0.250. The van der Waals surface area contributed by atoms with Crippen molar-refractivity contribution in [1.82, 2.24) is 0 Å². The van der Waals surface area contributed by atoms with E-state index in [2.05, 4.69) is 36.6 Å². The first kappa shape index (κ1) is 9.26. The average molecular weight is 254 g/mol. The maximum absolute atomic E-state index is 5.85. The smallest absolute Gasteiger partial charge is 0.219 e. The zero-order valence-corrected chi connectivity index (χ0v) is 9.06. The van der Waals surface area contributed by atoms with E-state index in [1.54, 1.807) is 0 Å². The third-order valence-electron chi connectivity index (χ3n) is 2.04. The molecule has 0 atom stereocenters. The highest BCUT2D eigenvalue weighted by molar-refractivity contribution is 9.10. The summed E-state index contributed by atoms with van der Waals surface area (Å²) in [5.74, 6) is 0. The van der Waals surface area contributed by atoms with Gasteiger partial charge in [0.05, 0.1) is 0 Å². The molecule has 0 amide bonds. The van der Waals surface area contributed by atoms with Crippen molar-refractivity contribution in [2.45, 2.75) is 12.6 Å². The summed E-state index contributed by atoms with van der Waals surface area (Å²) in [5.41, 5.74) is 6.53. The summed E-state index contributed by atoms with van der Waals surface area (Å²) in [6, 6.07) is 5.56. The van der Waals surface area contributed by atoms with Crippen LogP contribution in [0, 0.1) is 0 Å². The van der Waals surface area contributed by atoms with E-state index in [4.69, 9.17) is 5.73 Å². The van der Waals surface area contributed by atoms with Crippen molar-refractivity contribution < 1.29 is 0 Å². The second-order valence-corrected chi connectivity index (χ2v) is 4.05. The highest BCUT2D eigenvalue weighted by atomic mass is 79.9. The van der Waals surface area contributed by atoms with Gasteiger partial charge in [-0.25, -0.2) is 0 Å². The maximum Gasteiger partial charge on any atom is 0.219 e. The van der Waals surface area contributed by atoms with E-state index in [9.17, 15) is 0 Å². The molecule has 1 aliphatic rings. The lowest BCUT2D eigenvalue weighted by atomic mass is 10.0. The Morgan fingerprint density at radius 3 is 2.50 bits per heavy atom. The van der Waals surface area contributed by atoms with Crippen LogP contribution in [-0.4, -0.2) is 0 Å². The molecule has 6 heteroatoms. The van der Waals surface area contributed by atoms with Crippen LogP contribution in [0.3, 0.4) is 0 Å². The predicted octanol–water partition coefficient (Wildman–Crippen LogP) is 3.04. The first-order valence-corrected chi connectivity index (χ1v) is 4.81. The molecule has 0 saturated heterocycles. The fourth-order valence-electron chi connectivity index (χ4n) is 1.31. The van der Waals surface area contributed by atoms with Crippen molar-refractivity contribution in [3.8, 4) is 0 Å². The third-order valence-corrected chi connectivity index (χ3v) is 2.54. The molecule has 0 aromatic heterocycles. The van der Waals surface area contributed by atoms with E-state index >= 15 is 0 Å². The maximum atomic E-state index is 5.85. The van der Waals surface area contributed by atoms with Gasteiger partial charge in [-0.2, -0.15) is 0 Å². The summed E-state index contributed by atoms with van der Waals surface area (Å²) in [7, 11) is 0. The number of benzene rings is 1. The Morgan fingerprint density at radius 1 is 1.29 bits per heavy atom. The molecule has 72 valence electrons. The van der Waals surface area contributed by atoms with Gasteiger partial charge in [0.2, 0.25) is 5.66 Å². The third kappa shape index (κ3) is 1.41. The van der Waals surface area contributed by atoms with Crippen LogP contribution in [0.2, 0.25) is 0 Å². The van der Waals surface area contributed by atoms with Gasteiger partial charge < -0.3 is 5.73 Å². The van der Waals surface area contributed by atoms with Crippen LogP contribution in [-0.2, 0) is 5.66 Å². The molecule has 1 aromatic carbocycles. The minimum absolute atomic E-state index is 0.627. The molecule has 0 aliphatic carbocycles. The summed E-state index contributed by atoms with van der Waals surface area (Å²) in [4.78, 5) is 0. The quantitative estimate of drug-likeness (QED) is 0.768. The lowest BCUT2D eigenvalue weighted by molar-refractivity contribution is 0.520. The number of nitrogens with two attached hydrogens (primary N) is 1. The van der Waals surface area contributed by atoms with Crippen molar-refractivity contribution in [2.24, 2.45) is 20.7 Å². The Kier molecular flexibility index (Phi) is 2.07. The Labute approximate surface area is 89.2 Å². The summed E-state index contributed by atoms with van der Waals surface area (Å²) >= 11 is 3.33. The molecule has 0 spiro atoms. The predicted molar refractivity (Wildman–Crippen MR) is 55.6 cm³/mol. The summed E-state index contributed by atoms with van der Waals surface area (Å²) in [6.07, 6.45) is 0. The molecular formula is C8H8BrN5. The Morgan fingerprint density at radius 2 is 1.93 bits per heavy atom. The van der Waals surface area contributed by atoms with Crippen molar-refractivity contribution in [3.63, 3.8) is 0 Å². The van der Waals surface area contributed by atoms with Crippen LogP contribution in [0.5, 0.6) is 0 Å². The first-order chi connectivity index (χ1) is 6.62. The van der Waals surface area contributed by atoms with E-state index in [0.717, 1.165) is 10.0 Å². The van der Waals surface area contributed by atoms with Crippen molar-refractivity contribution in [3.05, 3.63) is 28.2 Å². The van der Waals surface area contributed by atoms with E-state index in [1.165, 1.54) is 0 Å². The zero-order chi connectivity index (χ0) is 10.2. The van der Waals surface area contributed by atoms with Crippen LogP contribution in [0.4, 0.5) is 5.69 Å². The van der Waals surface area contributed by atoms with Crippen LogP contribution >= 0.6 is 15.9 Å². The van der Waals surface area contributed by atoms with Gasteiger partial charge in [0.1, 0.15) is 0 Å². The molecule has 0 fully saturated rings. The molecule has 1 heterocycles. The summed E-state index contributed by atoms with van der Waals surface area (Å²) < 4.78 is 0.925. The Hall–Kier alpha value is -1.30. The number of halogens is 1. The van der Waals surface area contributed by atoms with Crippen LogP contribution in [0.15, 0.2) is 43.3 Å². The van der Waals surface area contributed by atoms with Crippen LogP contribution in [0.25, 0.3) is 0 Å². The molecule has 1 aromatic rings. The van der Waals surface area contributed by atoms with E-state index in [-0.39, 0.29) is 0 Å². The van der Waals surface area contributed by atoms with Crippen molar-refractivity contribution >= 4 is 21.6 Å². The first-order valence-electron chi connectivity index (χ1n) is 4.01. The number of nitrogen functional groups attached to an aromatic ring is 1. The molecule has 0 saturated carbocycles. The van der Waals surface area contributed by atoms with Gasteiger partial charge in [-0.05, 0) is 29.5 Å². The molecule has 0 radical (unpaired) electrons. The molecule has 2 N–H and O–H groups in total. The van der Waals surface area contributed by atoms with E-state index in [1.807, 2.05) is 25.1 Å². The fourth-order valence-corrected chi connectivity index (χ4v) is 1.69. The number of rotatable bonds is 1. The second-order valence-electron chi connectivity index (χ2n) is 3.13. The minimum atomic E-state index is -0.759. The molecule has 2 rings (SSSR count). The summed E-state index contributed by atoms with van der Waals surface area (Å²) in [6.45, 7) is 1.81. The highest BCUT2D eigenvalue weighted by Crippen LogP contribution is 2.35. The van der Waals surface area contributed by atoms with Crippen LogP contribution < -0.4 is 5.73 Å². The average Bonchev–Trinajstić information content (AvgIpc) is 2.52. The second kappa shape index (κ2) is 3.13. The SMILES string of the molecule is CC1(c2ccc(Br)cc2N)N=NN=N1. The van der Waals surface area contributed by atoms with Gasteiger partial charge in [0.15, 0.2) is 0 Å². The van der Waals surface area contributed by atoms with Crippen molar-refractivity contribution in [2.75, 3.05) is 5.73 Å². The topological polar surface area (TPSA) is 75.5 Å². The summed E-state index contributed by atoms with van der Waals surface area (Å²) in [5, 5.41) is 14.8. The molecular weight excluding hydrogens is 246 g/mol. The monoisotopic (exact) mass is 253 g/mol. The number of hydrogen-bond donors (Lipinski definition) is 1.